The van der Waals surface area contributed by atoms with E-state index in [0.717, 1.165) is 57.6 Å². The molecule has 1 saturated heterocycles. The number of fused-ring (bicyclic) bond motifs is 1. The van der Waals surface area contributed by atoms with E-state index in [0.29, 0.717) is 25.6 Å². The minimum atomic E-state index is -0.0323. The van der Waals surface area contributed by atoms with Crippen LogP contribution in [0.3, 0.4) is 0 Å². The lowest BCUT2D eigenvalue weighted by molar-refractivity contribution is -0.123. The fourth-order valence-electron chi connectivity index (χ4n) is 4.84. The van der Waals surface area contributed by atoms with Crippen molar-refractivity contribution < 1.29 is 4.79 Å². The zero-order chi connectivity index (χ0) is 22.5. The van der Waals surface area contributed by atoms with E-state index in [1.54, 1.807) is 9.25 Å². The summed E-state index contributed by atoms with van der Waals surface area (Å²) in [5.74, 6) is 1.53. The van der Waals surface area contributed by atoms with Crippen LogP contribution in [0.2, 0.25) is 0 Å². The molecule has 0 bridgehead atoms. The molecule has 0 spiro atoms. The molecule has 0 aliphatic carbocycles. The number of amides is 1. The number of benzene rings is 1. The molecule has 1 fully saturated rings. The molecule has 2 aromatic rings. The van der Waals surface area contributed by atoms with E-state index in [-0.39, 0.29) is 17.6 Å². The van der Waals surface area contributed by atoms with E-state index in [1.807, 2.05) is 19.0 Å². The molecule has 4 rings (SSSR count). The molecule has 32 heavy (non-hydrogen) atoms. The van der Waals surface area contributed by atoms with Crippen LogP contribution in [0.1, 0.15) is 43.0 Å². The summed E-state index contributed by atoms with van der Waals surface area (Å²) in [4.78, 5) is 29.6. The number of aryl methyl sites for hydroxylation is 1. The van der Waals surface area contributed by atoms with Crippen molar-refractivity contribution in [2.45, 2.75) is 57.2 Å². The van der Waals surface area contributed by atoms with Crippen molar-refractivity contribution in [3.8, 4) is 0 Å². The van der Waals surface area contributed by atoms with Gasteiger partial charge in [-0.1, -0.05) is 30.3 Å². The lowest BCUT2D eigenvalue weighted by Crippen LogP contribution is -2.44. The van der Waals surface area contributed by atoms with Gasteiger partial charge in [-0.25, -0.2) is 9.48 Å². The molecule has 8 nitrogen and oxygen atoms in total. The Morgan fingerprint density at radius 1 is 1.09 bits per heavy atom. The first-order valence-electron chi connectivity index (χ1n) is 11.9. The summed E-state index contributed by atoms with van der Waals surface area (Å²) in [6.07, 6.45) is 4.52. The Morgan fingerprint density at radius 3 is 2.56 bits per heavy atom. The molecule has 1 aromatic heterocycles. The van der Waals surface area contributed by atoms with Crippen LogP contribution in [0.4, 0.5) is 0 Å². The predicted molar refractivity (Wildman–Crippen MR) is 125 cm³/mol. The Bertz CT molecular complexity index is 943. The van der Waals surface area contributed by atoms with Gasteiger partial charge in [-0.15, -0.1) is 0 Å². The maximum atomic E-state index is 12.7. The zero-order valence-corrected chi connectivity index (χ0v) is 19.4. The lowest BCUT2D eigenvalue weighted by atomic mass is 9.89. The van der Waals surface area contributed by atoms with Crippen LogP contribution in [0.15, 0.2) is 35.1 Å². The topological polar surface area (TPSA) is 75.4 Å². The second-order valence-electron chi connectivity index (χ2n) is 9.43. The maximum Gasteiger partial charge on any atom is 0.345 e. The first-order valence-corrected chi connectivity index (χ1v) is 11.9. The van der Waals surface area contributed by atoms with Gasteiger partial charge in [-0.05, 0) is 64.3 Å². The lowest BCUT2D eigenvalue weighted by Gasteiger charge is -2.32. The van der Waals surface area contributed by atoms with Crippen LogP contribution >= 0.6 is 0 Å². The molecule has 8 heteroatoms. The minimum Gasteiger partial charge on any atom is -0.352 e. The van der Waals surface area contributed by atoms with Crippen LogP contribution in [-0.4, -0.2) is 76.4 Å². The third kappa shape index (κ3) is 5.66. The highest BCUT2D eigenvalue weighted by Crippen LogP contribution is 2.27. The smallest absolute Gasteiger partial charge is 0.345 e. The number of aromatic nitrogens is 3. The average Bonchev–Trinajstić information content (AvgIpc) is 2.95. The molecule has 1 unspecified atom stereocenters. The molecular formula is C24H36N6O2. The van der Waals surface area contributed by atoms with Gasteiger partial charge in [0.05, 0.1) is 13.1 Å². The number of rotatable bonds is 7. The molecule has 0 radical (unpaired) electrons. The van der Waals surface area contributed by atoms with E-state index in [9.17, 15) is 9.59 Å². The van der Waals surface area contributed by atoms with Crippen molar-refractivity contribution in [1.82, 2.24) is 29.5 Å². The molecule has 3 heterocycles. The molecular weight excluding hydrogens is 404 g/mol. The number of hydrogen-bond acceptors (Lipinski definition) is 5. The van der Waals surface area contributed by atoms with Gasteiger partial charge < -0.3 is 10.2 Å². The van der Waals surface area contributed by atoms with E-state index < -0.39 is 0 Å². The second kappa shape index (κ2) is 10.4. The fourth-order valence-corrected chi connectivity index (χ4v) is 4.84. The molecule has 2 aliphatic heterocycles. The first kappa shape index (κ1) is 22.7. The number of likely N-dealkylation sites (tertiary alicyclic amines) is 1. The Hall–Kier alpha value is -2.45. The van der Waals surface area contributed by atoms with Crippen molar-refractivity contribution in [2.24, 2.45) is 0 Å². The highest BCUT2D eigenvalue weighted by Gasteiger charge is 2.25. The maximum absolute atomic E-state index is 12.7. The largest absolute Gasteiger partial charge is 0.352 e. The average molecular weight is 441 g/mol. The first-order chi connectivity index (χ1) is 15.5. The number of piperidine rings is 1. The highest BCUT2D eigenvalue weighted by molar-refractivity contribution is 5.78. The summed E-state index contributed by atoms with van der Waals surface area (Å²) in [7, 11) is 3.98. The molecule has 1 aromatic carbocycles. The summed E-state index contributed by atoms with van der Waals surface area (Å²) < 4.78 is 3.36. The number of carbonyl (C=O) groups excluding carboxylic acids is 1. The van der Waals surface area contributed by atoms with E-state index in [1.165, 1.54) is 5.56 Å². The Labute approximate surface area is 190 Å². The number of hydrogen-bond donors (Lipinski definition) is 1. The fraction of sp³-hybridized carbons (Fsp3) is 0.625. The number of nitrogens with one attached hydrogen (secondary N) is 1. The van der Waals surface area contributed by atoms with E-state index in [4.69, 9.17) is 0 Å². The molecule has 1 N–H and O–H groups in total. The van der Waals surface area contributed by atoms with Gasteiger partial charge in [0, 0.05) is 25.6 Å². The van der Waals surface area contributed by atoms with Crippen molar-refractivity contribution in [1.29, 1.82) is 0 Å². The van der Waals surface area contributed by atoms with Crippen LogP contribution < -0.4 is 11.0 Å². The quantitative estimate of drug-likeness (QED) is 0.703. The van der Waals surface area contributed by atoms with Crippen molar-refractivity contribution in [2.75, 3.05) is 40.3 Å². The second-order valence-corrected chi connectivity index (χ2v) is 9.43. The van der Waals surface area contributed by atoms with Gasteiger partial charge in [0.15, 0.2) is 0 Å². The van der Waals surface area contributed by atoms with Crippen LogP contribution in [0, 0.1) is 0 Å². The van der Waals surface area contributed by atoms with Crippen molar-refractivity contribution in [3.63, 3.8) is 0 Å². The van der Waals surface area contributed by atoms with Gasteiger partial charge in [0.25, 0.3) is 0 Å². The monoisotopic (exact) mass is 440 g/mol. The molecule has 174 valence electrons. The van der Waals surface area contributed by atoms with Gasteiger partial charge in [-0.2, -0.15) is 5.10 Å². The van der Waals surface area contributed by atoms with Crippen molar-refractivity contribution >= 4 is 5.91 Å². The molecule has 0 saturated carbocycles. The summed E-state index contributed by atoms with van der Waals surface area (Å²) in [5, 5.41) is 7.75. The Balaban J connectivity index is 1.23. The zero-order valence-electron chi connectivity index (χ0n) is 19.4. The van der Waals surface area contributed by atoms with E-state index in [2.05, 4.69) is 45.6 Å². The number of nitrogens with zero attached hydrogens (tertiary/aromatic N) is 5. The molecule has 1 atom stereocenters. The minimum absolute atomic E-state index is 0.0323. The third-order valence-electron chi connectivity index (χ3n) is 6.77. The van der Waals surface area contributed by atoms with E-state index >= 15 is 0 Å². The summed E-state index contributed by atoms with van der Waals surface area (Å²) in [6, 6.07) is 10.8. The van der Waals surface area contributed by atoms with Gasteiger partial charge in [-0.3, -0.25) is 14.3 Å². The van der Waals surface area contributed by atoms with Crippen molar-refractivity contribution in [3.05, 3.63) is 52.2 Å². The number of likely N-dealkylation sites (N-methyl/N-ethyl adjacent to an activating group) is 1. The number of carbonyl (C=O) groups is 1. The summed E-state index contributed by atoms with van der Waals surface area (Å²) >= 11 is 0. The molecule has 2 aliphatic rings. The summed E-state index contributed by atoms with van der Waals surface area (Å²) in [6.45, 7) is 4.38. The highest BCUT2D eigenvalue weighted by atomic mass is 16.2. The third-order valence-corrected chi connectivity index (χ3v) is 6.77. The van der Waals surface area contributed by atoms with Crippen LogP contribution in [0.25, 0.3) is 0 Å². The SMILES string of the molecule is CN(C)CCn1nc2n(c1=O)CCC(NC(=O)CN1CCC(c3ccccc3)CC1)CC2. The summed E-state index contributed by atoms with van der Waals surface area (Å²) in [5.41, 5.74) is 1.38. The van der Waals surface area contributed by atoms with Gasteiger partial charge in [0.1, 0.15) is 5.82 Å². The predicted octanol–water partition coefficient (Wildman–Crippen LogP) is 1.31. The van der Waals surface area contributed by atoms with Gasteiger partial charge >= 0.3 is 5.69 Å². The standard InChI is InChI=1S/C24H36N6O2/c1-27(2)16-17-30-24(32)29-15-12-21(8-9-22(29)26-30)25-23(31)18-28-13-10-20(11-14-28)19-6-4-3-5-7-19/h3-7,20-21H,8-18H2,1-2H3,(H,25,31). The van der Waals surface area contributed by atoms with Crippen LogP contribution in [0.5, 0.6) is 0 Å². The molecule has 1 amide bonds. The van der Waals surface area contributed by atoms with Gasteiger partial charge in [0.2, 0.25) is 5.91 Å². The Morgan fingerprint density at radius 2 is 1.84 bits per heavy atom. The van der Waals surface area contributed by atoms with Crippen LogP contribution in [-0.2, 0) is 24.3 Å². The Kier molecular flexibility index (Phi) is 7.42. The normalized spacial score (nSPS) is 20.2.